The Morgan fingerprint density at radius 3 is 2.74 bits per heavy atom. The Kier molecular flexibility index (Phi) is 11.1. The summed E-state index contributed by atoms with van der Waals surface area (Å²) in [5.74, 6) is 1.44. The lowest BCUT2D eigenvalue weighted by Gasteiger charge is -2.30. The number of carbonyl (C=O) groups is 2. The average molecular weight is 524 g/mol. The maximum Gasteiger partial charge on any atom is 0.357 e. The van der Waals surface area contributed by atoms with Gasteiger partial charge in [-0.1, -0.05) is 56.0 Å². The van der Waals surface area contributed by atoms with Crippen LogP contribution >= 0.6 is 23.1 Å². The number of allylic oxidation sites excluding steroid dienone is 1. The van der Waals surface area contributed by atoms with Gasteiger partial charge >= 0.3 is 11.9 Å². The molecule has 2 aliphatic carbocycles. The predicted molar refractivity (Wildman–Crippen MR) is 141 cm³/mol. The van der Waals surface area contributed by atoms with Crippen molar-refractivity contribution in [1.29, 1.82) is 0 Å². The first-order chi connectivity index (χ1) is 16.8. The number of aliphatic hydroxyl groups is 1. The van der Waals surface area contributed by atoms with E-state index < -0.39 is 5.60 Å². The molecule has 0 spiro atoms. The molecular weight excluding hydrogens is 482 g/mol. The molecule has 6 nitrogen and oxygen atoms in total. The van der Waals surface area contributed by atoms with Crippen LogP contribution in [0.2, 0.25) is 0 Å². The molecule has 4 atom stereocenters. The minimum atomic E-state index is -0.667. The van der Waals surface area contributed by atoms with Crippen molar-refractivity contribution in [3.05, 3.63) is 23.2 Å². The largest absolute Gasteiger partial charge is 0.462 e. The van der Waals surface area contributed by atoms with Gasteiger partial charge in [-0.25, -0.2) is 9.78 Å². The highest BCUT2D eigenvalue weighted by Crippen LogP contribution is 2.40. The van der Waals surface area contributed by atoms with Gasteiger partial charge in [-0.2, -0.15) is 0 Å². The van der Waals surface area contributed by atoms with E-state index in [0.717, 1.165) is 35.8 Å². The summed E-state index contributed by atoms with van der Waals surface area (Å²) < 4.78 is 11.5. The molecule has 1 aromatic heterocycles. The van der Waals surface area contributed by atoms with Crippen molar-refractivity contribution in [3.63, 3.8) is 0 Å². The van der Waals surface area contributed by atoms with Crippen LogP contribution in [-0.2, 0) is 14.3 Å². The molecule has 4 unspecified atom stereocenters. The van der Waals surface area contributed by atoms with Gasteiger partial charge in [0.2, 0.25) is 0 Å². The molecule has 0 amide bonds. The Bertz CT molecular complexity index is 846. The molecule has 0 radical (unpaired) electrons. The number of ether oxygens (including phenoxy) is 2. The minimum absolute atomic E-state index is 0.0723. The number of hydrogen-bond acceptors (Lipinski definition) is 8. The van der Waals surface area contributed by atoms with Gasteiger partial charge in [-0.3, -0.25) is 4.79 Å². The van der Waals surface area contributed by atoms with E-state index in [1.165, 1.54) is 50.4 Å². The topological polar surface area (TPSA) is 85.7 Å². The molecule has 2 saturated carbocycles. The van der Waals surface area contributed by atoms with Crippen LogP contribution < -0.4 is 0 Å². The van der Waals surface area contributed by atoms with Crippen LogP contribution in [-0.4, -0.2) is 46.1 Å². The molecule has 0 aromatic carbocycles. The van der Waals surface area contributed by atoms with Crippen molar-refractivity contribution in [3.8, 4) is 0 Å². The van der Waals surface area contributed by atoms with E-state index in [2.05, 4.69) is 17.1 Å². The summed E-state index contributed by atoms with van der Waals surface area (Å²) in [6.45, 7) is 5.56. The lowest BCUT2D eigenvalue weighted by atomic mass is 9.80. The van der Waals surface area contributed by atoms with Crippen LogP contribution in [0.3, 0.4) is 0 Å². The summed E-state index contributed by atoms with van der Waals surface area (Å²) in [6, 6.07) is 0. The first kappa shape index (κ1) is 28.2. The summed E-state index contributed by atoms with van der Waals surface area (Å²) in [5, 5.41) is 12.7. The number of rotatable bonds is 12. The van der Waals surface area contributed by atoms with E-state index in [9.17, 15) is 14.7 Å². The normalized spacial score (nSPS) is 25.0. The smallest absolute Gasteiger partial charge is 0.357 e. The van der Waals surface area contributed by atoms with Gasteiger partial charge in [0.05, 0.1) is 12.2 Å². The maximum absolute atomic E-state index is 11.9. The molecule has 8 heteroatoms. The standard InChI is InChI=1S/C27H41NO5S2/c1-4-32-25(30)23-18-35-26(28-23)34-16-14-22-21(12-13-24(22)33-19(2)29)11-8-15-27(3,31)17-20-9-6-5-7-10-20/h8,11,18,20-22,24,31H,4-7,9-10,12-17H2,1-3H3. The van der Waals surface area contributed by atoms with Crippen molar-refractivity contribution >= 4 is 35.0 Å². The van der Waals surface area contributed by atoms with Gasteiger partial charge < -0.3 is 14.6 Å². The van der Waals surface area contributed by atoms with E-state index in [-0.39, 0.29) is 24.0 Å². The van der Waals surface area contributed by atoms with E-state index in [0.29, 0.717) is 30.6 Å². The van der Waals surface area contributed by atoms with E-state index in [1.807, 2.05) is 6.92 Å². The molecule has 35 heavy (non-hydrogen) atoms. The van der Waals surface area contributed by atoms with Crippen molar-refractivity contribution in [2.45, 2.75) is 101 Å². The Hall–Kier alpha value is -1.38. The zero-order valence-corrected chi connectivity index (χ0v) is 23.0. The Labute approximate surface area is 218 Å². The van der Waals surface area contributed by atoms with E-state index in [4.69, 9.17) is 9.47 Å². The van der Waals surface area contributed by atoms with Crippen molar-refractivity contribution in [1.82, 2.24) is 4.98 Å². The summed E-state index contributed by atoms with van der Waals surface area (Å²) in [5.41, 5.74) is -0.307. The van der Waals surface area contributed by atoms with E-state index >= 15 is 0 Å². The lowest BCUT2D eigenvalue weighted by molar-refractivity contribution is -0.148. The number of nitrogens with zero attached hydrogens (tertiary/aromatic N) is 1. The number of esters is 2. The number of aromatic nitrogens is 1. The van der Waals surface area contributed by atoms with Crippen LogP contribution in [0.1, 0.15) is 95.5 Å². The quantitative estimate of drug-likeness (QED) is 0.192. The zero-order valence-electron chi connectivity index (χ0n) is 21.4. The highest BCUT2D eigenvalue weighted by atomic mass is 32.2. The summed E-state index contributed by atoms with van der Waals surface area (Å²) in [7, 11) is 0. The van der Waals surface area contributed by atoms with Crippen molar-refractivity contribution in [2.75, 3.05) is 12.4 Å². The highest BCUT2D eigenvalue weighted by molar-refractivity contribution is 8.01. The summed E-state index contributed by atoms with van der Waals surface area (Å²) in [6.07, 6.45) is 15.0. The van der Waals surface area contributed by atoms with Gasteiger partial charge in [-0.15, -0.1) is 11.3 Å². The highest BCUT2D eigenvalue weighted by Gasteiger charge is 2.36. The van der Waals surface area contributed by atoms with Gasteiger partial charge in [0, 0.05) is 24.0 Å². The van der Waals surface area contributed by atoms with Gasteiger partial charge in [0.1, 0.15) is 6.10 Å². The third kappa shape index (κ3) is 9.21. The second kappa shape index (κ2) is 13.8. The first-order valence-corrected chi connectivity index (χ1v) is 15.0. The van der Waals surface area contributed by atoms with Crippen LogP contribution in [0, 0.1) is 17.8 Å². The minimum Gasteiger partial charge on any atom is -0.462 e. The SMILES string of the molecule is CCOC(=O)c1csc(SCCC2C(C=CCC(C)(O)CC3CCCCC3)CCC2OC(C)=O)n1. The maximum atomic E-state index is 11.9. The van der Waals surface area contributed by atoms with Crippen molar-refractivity contribution < 1.29 is 24.2 Å². The average Bonchev–Trinajstić information content (AvgIpc) is 3.42. The van der Waals surface area contributed by atoms with Gasteiger partial charge in [0.15, 0.2) is 10.0 Å². The molecule has 0 aliphatic heterocycles. The van der Waals surface area contributed by atoms with Gasteiger partial charge in [-0.05, 0) is 57.8 Å². The molecule has 1 N–H and O–H groups in total. The second-order valence-electron chi connectivity index (χ2n) is 10.2. The third-order valence-corrected chi connectivity index (χ3v) is 9.22. The van der Waals surface area contributed by atoms with Gasteiger partial charge in [0.25, 0.3) is 0 Å². The predicted octanol–water partition coefficient (Wildman–Crippen LogP) is 6.43. The number of thiazole rings is 1. The van der Waals surface area contributed by atoms with Crippen LogP contribution in [0.4, 0.5) is 0 Å². The Morgan fingerprint density at radius 1 is 1.26 bits per heavy atom. The molecule has 196 valence electrons. The fraction of sp³-hybridized carbons (Fsp3) is 0.741. The van der Waals surface area contributed by atoms with Crippen LogP contribution in [0.25, 0.3) is 0 Å². The first-order valence-electron chi connectivity index (χ1n) is 13.1. The second-order valence-corrected chi connectivity index (χ2v) is 12.4. The Balaban J connectivity index is 1.53. The van der Waals surface area contributed by atoms with Crippen LogP contribution in [0.15, 0.2) is 21.9 Å². The third-order valence-electron chi connectivity index (χ3n) is 7.17. The molecular formula is C27H41NO5S2. The molecule has 2 fully saturated rings. The van der Waals surface area contributed by atoms with Crippen LogP contribution in [0.5, 0.6) is 0 Å². The molecule has 1 heterocycles. The molecule has 1 aromatic rings. The fourth-order valence-electron chi connectivity index (χ4n) is 5.56. The number of hydrogen-bond donors (Lipinski definition) is 1. The molecule has 2 aliphatic rings. The Morgan fingerprint density at radius 2 is 2.03 bits per heavy atom. The zero-order chi connectivity index (χ0) is 25.3. The molecule has 0 saturated heterocycles. The summed E-state index contributed by atoms with van der Waals surface area (Å²) in [4.78, 5) is 27.9. The summed E-state index contributed by atoms with van der Waals surface area (Å²) >= 11 is 3.08. The number of thioether (sulfide) groups is 1. The number of carbonyl (C=O) groups excluding carboxylic acids is 2. The lowest BCUT2D eigenvalue weighted by Crippen LogP contribution is -2.28. The molecule has 3 rings (SSSR count). The fourth-order valence-corrected chi connectivity index (χ4v) is 7.46. The monoisotopic (exact) mass is 523 g/mol. The van der Waals surface area contributed by atoms with Crippen molar-refractivity contribution in [2.24, 2.45) is 17.8 Å². The van der Waals surface area contributed by atoms with E-state index in [1.54, 1.807) is 24.1 Å². The molecule has 0 bridgehead atoms.